The smallest absolute Gasteiger partial charge is 0.238 e. The van der Waals surface area contributed by atoms with Gasteiger partial charge in [0.15, 0.2) is 0 Å². The molecular formula is C17H16FN3O2S. The third kappa shape index (κ3) is 4.27. The van der Waals surface area contributed by atoms with E-state index in [2.05, 4.69) is 10.3 Å². The van der Waals surface area contributed by atoms with Crippen LogP contribution in [-0.2, 0) is 11.3 Å². The van der Waals surface area contributed by atoms with Gasteiger partial charge in [-0.15, -0.1) is 11.3 Å². The molecule has 5 nitrogen and oxygen atoms in total. The maximum Gasteiger partial charge on any atom is 0.238 e. The largest absolute Gasteiger partial charge is 0.444 e. The van der Waals surface area contributed by atoms with E-state index in [1.165, 1.54) is 24.3 Å². The van der Waals surface area contributed by atoms with Crippen LogP contribution in [0, 0.1) is 5.82 Å². The van der Waals surface area contributed by atoms with Crippen molar-refractivity contribution in [3.63, 3.8) is 0 Å². The van der Waals surface area contributed by atoms with Gasteiger partial charge in [0.1, 0.15) is 12.1 Å². The van der Waals surface area contributed by atoms with Crippen LogP contribution >= 0.6 is 11.3 Å². The quantitative estimate of drug-likeness (QED) is 0.741. The summed E-state index contributed by atoms with van der Waals surface area (Å²) in [6.45, 7) is 0.685. The van der Waals surface area contributed by atoms with Crippen LogP contribution in [0.4, 0.5) is 10.1 Å². The molecule has 0 aliphatic rings. The Balaban J connectivity index is 1.52. The lowest BCUT2D eigenvalue weighted by Gasteiger charge is -2.14. The maximum atomic E-state index is 12.8. The Kier molecular flexibility index (Phi) is 5.02. The fourth-order valence-corrected chi connectivity index (χ4v) is 2.86. The zero-order valence-corrected chi connectivity index (χ0v) is 13.8. The van der Waals surface area contributed by atoms with Crippen molar-refractivity contribution < 1.29 is 13.6 Å². The maximum absolute atomic E-state index is 12.8. The van der Waals surface area contributed by atoms with E-state index in [0.717, 1.165) is 10.6 Å². The molecule has 7 heteroatoms. The van der Waals surface area contributed by atoms with Gasteiger partial charge >= 0.3 is 0 Å². The number of nitrogens with zero attached hydrogens (tertiary/aromatic N) is 2. The molecule has 0 aliphatic carbocycles. The number of amides is 1. The number of benzene rings is 1. The van der Waals surface area contributed by atoms with Crippen molar-refractivity contribution in [3.8, 4) is 10.8 Å². The lowest BCUT2D eigenvalue weighted by molar-refractivity contribution is -0.117. The van der Waals surface area contributed by atoms with E-state index in [4.69, 9.17) is 4.42 Å². The molecule has 1 N–H and O–H groups in total. The number of carbonyl (C=O) groups excluding carboxylic acids is 1. The number of rotatable bonds is 6. The molecule has 1 amide bonds. The molecule has 0 unspecified atom stereocenters. The average molecular weight is 345 g/mol. The molecule has 24 heavy (non-hydrogen) atoms. The van der Waals surface area contributed by atoms with Crippen LogP contribution in [0.5, 0.6) is 0 Å². The molecule has 1 aromatic carbocycles. The summed E-state index contributed by atoms with van der Waals surface area (Å²) in [5.41, 5.74) is 1.33. The van der Waals surface area contributed by atoms with Gasteiger partial charge in [0.2, 0.25) is 11.8 Å². The van der Waals surface area contributed by atoms with Gasteiger partial charge in [0.05, 0.1) is 17.1 Å². The van der Waals surface area contributed by atoms with Gasteiger partial charge in [0, 0.05) is 12.2 Å². The first-order chi connectivity index (χ1) is 11.6. The van der Waals surface area contributed by atoms with Gasteiger partial charge < -0.3 is 9.73 Å². The van der Waals surface area contributed by atoms with E-state index in [9.17, 15) is 9.18 Å². The first-order valence-electron chi connectivity index (χ1n) is 7.32. The molecule has 0 fully saturated rings. The second-order valence-corrected chi connectivity index (χ2v) is 6.30. The lowest BCUT2D eigenvalue weighted by Crippen LogP contribution is -2.29. The molecule has 2 aromatic heterocycles. The number of likely N-dealkylation sites (N-methyl/N-ethyl adjacent to an activating group) is 1. The predicted octanol–water partition coefficient (Wildman–Crippen LogP) is 3.61. The number of hydrogen-bond acceptors (Lipinski definition) is 5. The summed E-state index contributed by atoms with van der Waals surface area (Å²) in [5.74, 6) is 0.0768. The first kappa shape index (κ1) is 16.4. The molecule has 0 spiro atoms. The summed E-state index contributed by atoms with van der Waals surface area (Å²) in [6.07, 6.45) is 1.60. The SMILES string of the molecule is CN(CC(=O)Nc1ccc(F)cc1)Cc1coc(-c2cccs2)n1. The third-order valence-electron chi connectivity index (χ3n) is 3.26. The van der Waals surface area contributed by atoms with E-state index in [1.807, 2.05) is 29.5 Å². The first-order valence-corrected chi connectivity index (χ1v) is 8.20. The van der Waals surface area contributed by atoms with E-state index >= 15 is 0 Å². The van der Waals surface area contributed by atoms with E-state index < -0.39 is 0 Å². The monoisotopic (exact) mass is 345 g/mol. The number of thiophene rings is 1. The molecule has 0 saturated heterocycles. The van der Waals surface area contributed by atoms with Gasteiger partial charge in [-0.05, 0) is 42.8 Å². The van der Waals surface area contributed by atoms with Gasteiger partial charge in [-0.1, -0.05) is 6.07 Å². The van der Waals surface area contributed by atoms with Crippen LogP contribution in [0.1, 0.15) is 5.69 Å². The topological polar surface area (TPSA) is 58.4 Å². The fourth-order valence-electron chi connectivity index (χ4n) is 2.20. The summed E-state index contributed by atoms with van der Waals surface area (Å²) in [4.78, 5) is 19.2. The highest BCUT2D eigenvalue weighted by Gasteiger charge is 2.12. The van der Waals surface area contributed by atoms with Gasteiger partial charge in [-0.3, -0.25) is 9.69 Å². The summed E-state index contributed by atoms with van der Waals surface area (Å²) in [5, 5.41) is 4.69. The molecule has 3 rings (SSSR count). The standard InChI is InChI=1S/C17H16FN3O2S/c1-21(10-16(22)19-13-6-4-12(18)5-7-13)9-14-11-23-17(20-14)15-3-2-8-24-15/h2-8,11H,9-10H2,1H3,(H,19,22). The Morgan fingerprint density at radius 2 is 2.12 bits per heavy atom. The minimum Gasteiger partial charge on any atom is -0.444 e. The summed E-state index contributed by atoms with van der Waals surface area (Å²) in [7, 11) is 1.82. The normalized spacial score (nSPS) is 11.0. The van der Waals surface area contributed by atoms with E-state index in [1.54, 1.807) is 17.6 Å². The van der Waals surface area contributed by atoms with Crippen LogP contribution in [0.2, 0.25) is 0 Å². The predicted molar refractivity (Wildman–Crippen MR) is 91.2 cm³/mol. The Bertz CT molecular complexity index is 800. The minimum absolute atomic E-state index is 0.175. The van der Waals surface area contributed by atoms with Crippen LogP contribution in [-0.4, -0.2) is 29.4 Å². The van der Waals surface area contributed by atoms with Crippen LogP contribution < -0.4 is 5.32 Å². The van der Waals surface area contributed by atoms with E-state index in [-0.39, 0.29) is 18.3 Å². The highest BCUT2D eigenvalue weighted by molar-refractivity contribution is 7.13. The van der Waals surface area contributed by atoms with Crippen LogP contribution in [0.15, 0.2) is 52.5 Å². The Morgan fingerprint density at radius 3 is 2.83 bits per heavy atom. The molecule has 124 valence electrons. The van der Waals surface area contributed by atoms with Crippen molar-refractivity contribution in [3.05, 3.63) is 59.6 Å². The van der Waals surface area contributed by atoms with Gasteiger partial charge in [0.25, 0.3) is 0 Å². The van der Waals surface area contributed by atoms with Crippen molar-refractivity contribution >= 4 is 22.9 Å². The van der Waals surface area contributed by atoms with Crippen LogP contribution in [0.3, 0.4) is 0 Å². The van der Waals surface area contributed by atoms with Crippen molar-refractivity contribution in [2.75, 3.05) is 18.9 Å². The molecule has 0 radical (unpaired) electrons. The lowest BCUT2D eigenvalue weighted by atomic mass is 10.3. The Hall–Kier alpha value is -2.51. The average Bonchev–Trinajstić information content (AvgIpc) is 3.20. The molecular weight excluding hydrogens is 329 g/mol. The number of carbonyl (C=O) groups is 1. The summed E-state index contributed by atoms with van der Waals surface area (Å²) >= 11 is 1.56. The molecule has 3 aromatic rings. The number of nitrogens with one attached hydrogen (secondary N) is 1. The minimum atomic E-state index is -0.335. The van der Waals surface area contributed by atoms with Crippen molar-refractivity contribution in [2.45, 2.75) is 6.54 Å². The summed E-state index contributed by atoms with van der Waals surface area (Å²) < 4.78 is 18.3. The third-order valence-corrected chi connectivity index (χ3v) is 4.11. The highest BCUT2D eigenvalue weighted by Crippen LogP contribution is 2.23. The number of hydrogen-bond donors (Lipinski definition) is 1. The zero-order chi connectivity index (χ0) is 16.9. The Labute approximate surface area is 142 Å². The van der Waals surface area contributed by atoms with Crippen molar-refractivity contribution in [1.82, 2.24) is 9.88 Å². The van der Waals surface area contributed by atoms with E-state index in [0.29, 0.717) is 18.1 Å². The van der Waals surface area contributed by atoms with Crippen LogP contribution in [0.25, 0.3) is 10.8 Å². The highest BCUT2D eigenvalue weighted by atomic mass is 32.1. The molecule has 2 heterocycles. The zero-order valence-electron chi connectivity index (χ0n) is 13.0. The molecule has 0 saturated carbocycles. The van der Waals surface area contributed by atoms with Crippen molar-refractivity contribution in [2.24, 2.45) is 0 Å². The van der Waals surface area contributed by atoms with Gasteiger partial charge in [-0.2, -0.15) is 0 Å². The molecule has 0 bridgehead atoms. The summed E-state index contributed by atoms with van der Waals surface area (Å²) in [6, 6.07) is 9.55. The number of anilines is 1. The second kappa shape index (κ2) is 7.37. The molecule has 0 aliphatic heterocycles. The number of halogens is 1. The Morgan fingerprint density at radius 1 is 1.33 bits per heavy atom. The van der Waals surface area contributed by atoms with Crippen molar-refractivity contribution in [1.29, 1.82) is 0 Å². The number of aromatic nitrogens is 1. The fraction of sp³-hybridized carbons (Fsp3) is 0.176. The number of oxazole rings is 1. The van der Waals surface area contributed by atoms with Gasteiger partial charge in [-0.25, -0.2) is 9.37 Å². The second-order valence-electron chi connectivity index (χ2n) is 5.35. The molecule has 0 atom stereocenters.